The number of ether oxygens (including phenoxy) is 4. The summed E-state index contributed by atoms with van der Waals surface area (Å²) in [4.78, 5) is 24.2. The van der Waals surface area contributed by atoms with Crippen LogP contribution in [0.5, 0.6) is 0 Å². The molecule has 52 heavy (non-hydrogen) atoms. The number of carboxylic acid groups (broad SMARTS) is 1. The molecule has 0 saturated carbocycles. The van der Waals surface area contributed by atoms with Gasteiger partial charge in [0, 0.05) is 13.3 Å². The van der Waals surface area contributed by atoms with Crippen molar-refractivity contribution < 1.29 is 74.5 Å². The second-order valence-corrected chi connectivity index (χ2v) is 13.9. The molecule has 2 heterocycles. The Kier molecular flexibility index (Phi) is 21.2. The molecule has 304 valence electrons. The second kappa shape index (κ2) is 23.8. The lowest BCUT2D eigenvalue weighted by molar-refractivity contribution is -0.339. The summed E-state index contributed by atoms with van der Waals surface area (Å²) in [5, 5.41) is 95.2. The van der Waals surface area contributed by atoms with Crippen LogP contribution in [0.15, 0.2) is 12.2 Å². The first-order valence-electron chi connectivity index (χ1n) is 18.6. The van der Waals surface area contributed by atoms with E-state index in [1.54, 1.807) is 6.08 Å². The van der Waals surface area contributed by atoms with Crippen LogP contribution in [-0.2, 0) is 28.5 Å². The van der Waals surface area contributed by atoms with Gasteiger partial charge in [0.1, 0.15) is 42.7 Å². The second-order valence-electron chi connectivity index (χ2n) is 13.9. The minimum absolute atomic E-state index is 0.340. The fourth-order valence-corrected chi connectivity index (χ4v) is 6.30. The summed E-state index contributed by atoms with van der Waals surface area (Å²) < 4.78 is 22.2. The van der Waals surface area contributed by atoms with Crippen LogP contribution in [0.1, 0.15) is 97.3 Å². The molecule has 0 spiro atoms. The van der Waals surface area contributed by atoms with E-state index in [1.165, 1.54) is 57.8 Å². The molecule has 0 aliphatic carbocycles. The molecule has 0 unspecified atom stereocenters. The highest BCUT2D eigenvalue weighted by molar-refractivity contribution is 5.76. The summed E-state index contributed by atoms with van der Waals surface area (Å²) in [6, 6.07) is -2.38. The van der Waals surface area contributed by atoms with Crippen molar-refractivity contribution in [1.29, 1.82) is 0 Å². The van der Waals surface area contributed by atoms with Gasteiger partial charge in [-0.25, -0.2) is 4.79 Å². The van der Waals surface area contributed by atoms with Gasteiger partial charge in [0.2, 0.25) is 5.91 Å². The third-order valence-electron chi connectivity index (χ3n) is 9.53. The zero-order valence-corrected chi connectivity index (χ0v) is 30.4. The molecule has 0 aromatic carbocycles. The molecule has 12 N–H and O–H groups in total. The number of carbonyl (C=O) groups excluding carboxylic acids is 1. The highest BCUT2D eigenvalue weighted by Gasteiger charge is 2.56. The Labute approximate surface area is 305 Å². The quantitative estimate of drug-likeness (QED) is 0.0391. The van der Waals surface area contributed by atoms with E-state index < -0.39 is 111 Å². The van der Waals surface area contributed by atoms with Gasteiger partial charge in [-0.2, -0.15) is 0 Å². The van der Waals surface area contributed by atoms with Gasteiger partial charge in [-0.3, -0.25) is 4.79 Å². The van der Waals surface area contributed by atoms with Crippen LogP contribution in [0, 0.1) is 0 Å². The van der Waals surface area contributed by atoms with Crippen molar-refractivity contribution in [2.75, 3.05) is 19.8 Å². The molecule has 17 nitrogen and oxygen atoms in total. The van der Waals surface area contributed by atoms with Crippen molar-refractivity contribution in [3.8, 4) is 0 Å². The first-order chi connectivity index (χ1) is 24.7. The predicted molar refractivity (Wildman–Crippen MR) is 185 cm³/mol. The van der Waals surface area contributed by atoms with Crippen molar-refractivity contribution in [3.63, 3.8) is 0 Å². The number of amides is 1. The molecule has 0 aromatic rings. The summed E-state index contributed by atoms with van der Waals surface area (Å²) in [7, 11) is 0. The molecule has 0 radical (unpaired) electrons. The highest BCUT2D eigenvalue weighted by atomic mass is 16.7. The van der Waals surface area contributed by atoms with Gasteiger partial charge in [0.05, 0.1) is 44.1 Å². The number of hydrogen-bond acceptors (Lipinski definition) is 15. The van der Waals surface area contributed by atoms with Crippen molar-refractivity contribution >= 4 is 11.9 Å². The average molecular weight is 753 g/mol. The monoisotopic (exact) mass is 752 g/mol. The van der Waals surface area contributed by atoms with E-state index in [-0.39, 0.29) is 6.61 Å². The normalized spacial score (nSPS) is 32.0. The van der Waals surface area contributed by atoms with Crippen LogP contribution in [-0.4, -0.2) is 157 Å². The van der Waals surface area contributed by atoms with E-state index in [9.17, 15) is 55.5 Å². The summed E-state index contributed by atoms with van der Waals surface area (Å²) >= 11 is 0. The first kappa shape index (κ1) is 46.3. The van der Waals surface area contributed by atoms with Gasteiger partial charge in [0.15, 0.2) is 6.29 Å². The van der Waals surface area contributed by atoms with Crippen molar-refractivity contribution in [2.45, 2.75) is 176 Å². The zero-order valence-electron chi connectivity index (χ0n) is 30.4. The average Bonchev–Trinajstić information content (AvgIpc) is 3.11. The number of nitrogens with two attached hydrogens (primary N) is 1. The number of allylic oxidation sites excluding steroid dienone is 1. The van der Waals surface area contributed by atoms with Gasteiger partial charge in [0.25, 0.3) is 5.79 Å². The lowest BCUT2D eigenvalue weighted by atomic mass is 9.88. The van der Waals surface area contributed by atoms with Gasteiger partial charge >= 0.3 is 5.97 Å². The number of unbranched alkanes of at least 4 members (excludes halogenated alkanes) is 11. The van der Waals surface area contributed by atoms with Crippen molar-refractivity contribution in [3.05, 3.63) is 12.2 Å². The number of carboxylic acids is 1. The maximum atomic E-state index is 12.4. The Bertz CT molecular complexity index is 1060. The fraction of sp³-hybridized carbons (Fsp3) is 0.886. The van der Waals surface area contributed by atoms with Gasteiger partial charge in [-0.1, -0.05) is 83.3 Å². The van der Waals surface area contributed by atoms with Crippen LogP contribution in [0.25, 0.3) is 0 Å². The standard InChI is InChI=1S/C35H64N2O15/c1-3-4-5-6-7-8-9-10-11-12-13-14-15-16-23(40)22(36)19-49-33-31(46)30(45)29(44)26(51-33)20-50-35(34(47)48)17-24(41)27(37-21(2)39)32(52-35)28(43)25(42)18-38/h15-16,22-33,38,40-46H,3-14,17-20,36H2,1-2H3,(H,37,39)(H,47,48)/b16-15+/t22-,23+,24-,25+,26+,27+,28+,29+,30-,31+,32+,33+,35+/m0/s1. The molecule has 2 aliphatic heterocycles. The van der Waals surface area contributed by atoms with Crippen molar-refractivity contribution in [2.24, 2.45) is 5.73 Å². The molecular formula is C35H64N2O15. The number of aliphatic hydroxyl groups is 8. The molecule has 0 aromatic heterocycles. The van der Waals surface area contributed by atoms with Crippen LogP contribution >= 0.6 is 0 Å². The van der Waals surface area contributed by atoms with E-state index in [2.05, 4.69) is 12.2 Å². The first-order valence-corrected chi connectivity index (χ1v) is 18.6. The molecule has 2 saturated heterocycles. The number of hydrogen-bond donors (Lipinski definition) is 11. The Morgan fingerprint density at radius 1 is 0.942 bits per heavy atom. The smallest absolute Gasteiger partial charge is 0.364 e. The van der Waals surface area contributed by atoms with E-state index in [0.717, 1.165) is 26.2 Å². The maximum absolute atomic E-state index is 12.4. The van der Waals surface area contributed by atoms with Crippen LogP contribution < -0.4 is 11.1 Å². The Balaban J connectivity index is 1.91. The van der Waals surface area contributed by atoms with E-state index in [1.807, 2.05) is 6.08 Å². The molecule has 0 bridgehead atoms. The molecule has 2 aliphatic rings. The lowest BCUT2D eigenvalue weighted by Gasteiger charge is -2.47. The largest absolute Gasteiger partial charge is 0.477 e. The predicted octanol–water partition coefficient (Wildman–Crippen LogP) is -1.08. The number of aliphatic carboxylic acids is 1. The van der Waals surface area contributed by atoms with E-state index in [4.69, 9.17) is 24.7 Å². The summed E-state index contributed by atoms with van der Waals surface area (Å²) in [5.74, 6) is -5.20. The number of carbonyl (C=O) groups is 2. The topological polar surface area (TPSA) is 291 Å². The maximum Gasteiger partial charge on any atom is 0.364 e. The van der Waals surface area contributed by atoms with Gasteiger partial charge in [-0.05, 0) is 12.8 Å². The summed E-state index contributed by atoms with van der Waals surface area (Å²) in [5.41, 5.74) is 6.07. The Hall–Kier alpha value is -1.84. The Morgan fingerprint density at radius 3 is 2.10 bits per heavy atom. The van der Waals surface area contributed by atoms with E-state index >= 15 is 0 Å². The fourth-order valence-electron chi connectivity index (χ4n) is 6.30. The molecule has 2 fully saturated rings. The van der Waals surface area contributed by atoms with E-state index in [0.29, 0.717) is 0 Å². The third-order valence-corrected chi connectivity index (χ3v) is 9.53. The zero-order chi connectivity index (χ0) is 38.8. The molecule has 17 heteroatoms. The van der Waals surface area contributed by atoms with Crippen molar-refractivity contribution in [1.82, 2.24) is 5.32 Å². The lowest BCUT2D eigenvalue weighted by Crippen LogP contribution is -2.68. The third kappa shape index (κ3) is 14.4. The Morgan fingerprint density at radius 2 is 1.54 bits per heavy atom. The molecule has 1 amide bonds. The molecular weight excluding hydrogens is 688 g/mol. The number of aliphatic hydroxyl groups excluding tert-OH is 8. The van der Waals surface area contributed by atoms with Crippen LogP contribution in [0.3, 0.4) is 0 Å². The van der Waals surface area contributed by atoms with Gasteiger partial charge in [-0.15, -0.1) is 0 Å². The minimum atomic E-state index is -2.73. The summed E-state index contributed by atoms with van der Waals surface area (Å²) in [6.45, 7) is 1.18. The van der Waals surface area contributed by atoms with Crippen LogP contribution in [0.2, 0.25) is 0 Å². The summed E-state index contributed by atoms with van der Waals surface area (Å²) in [6.07, 6.45) is -0.156. The SMILES string of the molecule is CCCCCCCCCCCCC/C=C/[C@@H](O)[C@@H](N)CO[C@@H]1O[C@H](CO[C@]2(C(=O)O)C[C@H](O)[C@@H](NC(C)=O)[C@H]([C@H](O)[C@H](O)CO)O2)[C@@H](O)[C@H](O)[C@H]1O. The highest BCUT2D eigenvalue weighted by Crippen LogP contribution is 2.35. The molecule has 13 atom stereocenters. The van der Waals surface area contributed by atoms with Gasteiger partial charge < -0.3 is 76.0 Å². The van der Waals surface area contributed by atoms with Crippen LogP contribution in [0.4, 0.5) is 0 Å². The molecule has 2 rings (SSSR count). The number of rotatable bonds is 25. The number of nitrogens with one attached hydrogen (secondary N) is 1. The minimum Gasteiger partial charge on any atom is -0.477 e.